The summed E-state index contributed by atoms with van der Waals surface area (Å²) in [5, 5.41) is 2.52. The maximum Gasteiger partial charge on any atom is 0.237 e. The zero-order chi connectivity index (χ0) is 12.6. The minimum absolute atomic E-state index is 0.00660. The number of ether oxygens (including phenoxy) is 1. The smallest absolute Gasteiger partial charge is 0.237 e. The molecule has 96 valence electrons. The van der Waals surface area contributed by atoms with Gasteiger partial charge >= 0.3 is 0 Å². The summed E-state index contributed by atoms with van der Waals surface area (Å²) in [6, 6.07) is -0.815. The normalized spacial score (nSPS) is 13.4. The van der Waals surface area contributed by atoms with Gasteiger partial charge in [-0.1, -0.05) is 0 Å². The van der Waals surface area contributed by atoms with Crippen LogP contribution < -0.4 is 10.0 Å². The lowest BCUT2D eigenvalue weighted by molar-refractivity contribution is -0.122. The van der Waals surface area contributed by atoms with Crippen molar-refractivity contribution in [2.75, 3.05) is 31.9 Å². The summed E-state index contributed by atoms with van der Waals surface area (Å²) >= 11 is 5.32. The molecule has 0 saturated carbocycles. The van der Waals surface area contributed by atoms with Crippen LogP contribution in [0.25, 0.3) is 0 Å². The number of carbonyl (C=O) groups excluding carboxylic acids is 1. The Balaban J connectivity index is 4.05. The van der Waals surface area contributed by atoms with Gasteiger partial charge in [0.2, 0.25) is 15.9 Å². The van der Waals surface area contributed by atoms with Crippen LogP contribution in [0, 0.1) is 0 Å². The molecule has 0 aromatic heterocycles. The summed E-state index contributed by atoms with van der Waals surface area (Å²) in [7, 11) is -1.97. The Bertz CT molecular complexity index is 307. The second-order valence-electron chi connectivity index (χ2n) is 3.13. The van der Waals surface area contributed by atoms with Gasteiger partial charge in [-0.15, -0.1) is 11.6 Å². The molecule has 0 aliphatic carbocycles. The molecule has 0 rings (SSSR count). The number of methoxy groups -OCH3 is 1. The fourth-order valence-electron chi connectivity index (χ4n) is 0.913. The van der Waals surface area contributed by atoms with Gasteiger partial charge in [0.25, 0.3) is 0 Å². The maximum absolute atomic E-state index is 11.4. The summed E-state index contributed by atoms with van der Waals surface area (Å²) in [4.78, 5) is 11.4. The van der Waals surface area contributed by atoms with Crippen molar-refractivity contribution in [3.05, 3.63) is 0 Å². The topological polar surface area (TPSA) is 84.5 Å². The summed E-state index contributed by atoms with van der Waals surface area (Å²) in [6.45, 7) is 2.19. The number of hydrogen-bond acceptors (Lipinski definition) is 4. The van der Waals surface area contributed by atoms with E-state index >= 15 is 0 Å². The van der Waals surface area contributed by atoms with Gasteiger partial charge in [-0.05, 0) is 6.92 Å². The minimum Gasteiger partial charge on any atom is -0.383 e. The Morgan fingerprint density at radius 3 is 2.62 bits per heavy atom. The number of amides is 1. The first-order valence-corrected chi connectivity index (χ1v) is 6.94. The van der Waals surface area contributed by atoms with Crippen molar-refractivity contribution in [1.29, 1.82) is 0 Å². The first kappa shape index (κ1) is 15.6. The van der Waals surface area contributed by atoms with Crippen LogP contribution in [0.3, 0.4) is 0 Å². The molecule has 0 spiro atoms. The third kappa shape index (κ3) is 7.00. The molecule has 16 heavy (non-hydrogen) atoms. The van der Waals surface area contributed by atoms with E-state index in [1.807, 2.05) is 0 Å². The van der Waals surface area contributed by atoms with Crippen molar-refractivity contribution < 1.29 is 17.9 Å². The molecule has 1 amide bonds. The second kappa shape index (κ2) is 7.83. The summed E-state index contributed by atoms with van der Waals surface area (Å²) < 4.78 is 29.5. The average Bonchev–Trinajstić information content (AvgIpc) is 2.16. The highest BCUT2D eigenvalue weighted by Crippen LogP contribution is 1.91. The van der Waals surface area contributed by atoms with Gasteiger partial charge in [0, 0.05) is 19.5 Å². The standard InChI is InChI=1S/C8H17ClN2O4S/c1-7(8(12)10-4-5-15-2)11-16(13,14)6-3-9/h7,11H,3-6H2,1-2H3,(H,10,12). The molecule has 0 aromatic carbocycles. The lowest BCUT2D eigenvalue weighted by atomic mass is 10.3. The van der Waals surface area contributed by atoms with E-state index < -0.39 is 22.0 Å². The fourth-order valence-corrected chi connectivity index (χ4v) is 2.49. The first-order chi connectivity index (χ1) is 7.43. The number of nitrogens with one attached hydrogen (secondary N) is 2. The van der Waals surface area contributed by atoms with Crippen molar-refractivity contribution in [2.45, 2.75) is 13.0 Å². The number of rotatable bonds is 8. The van der Waals surface area contributed by atoms with Crippen LogP contribution in [0.5, 0.6) is 0 Å². The SMILES string of the molecule is COCCNC(=O)C(C)NS(=O)(=O)CCCl. The van der Waals surface area contributed by atoms with Gasteiger partial charge in [0.1, 0.15) is 0 Å². The van der Waals surface area contributed by atoms with E-state index in [1.54, 1.807) is 0 Å². The van der Waals surface area contributed by atoms with Crippen molar-refractivity contribution >= 4 is 27.5 Å². The Morgan fingerprint density at radius 2 is 2.12 bits per heavy atom. The molecule has 0 heterocycles. The fraction of sp³-hybridized carbons (Fsp3) is 0.875. The molecule has 0 bridgehead atoms. The van der Waals surface area contributed by atoms with Gasteiger partial charge in [-0.2, -0.15) is 0 Å². The zero-order valence-corrected chi connectivity index (χ0v) is 10.9. The van der Waals surface area contributed by atoms with E-state index in [4.69, 9.17) is 16.3 Å². The second-order valence-corrected chi connectivity index (χ2v) is 5.38. The molecule has 6 nitrogen and oxygen atoms in total. The van der Waals surface area contributed by atoms with Gasteiger partial charge in [0.05, 0.1) is 18.4 Å². The van der Waals surface area contributed by atoms with Crippen LogP contribution in [0.2, 0.25) is 0 Å². The largest absolute Gasteiger partial charge is 0.383 e. The Labute approximate surface area is 101 Å². The Kier molecular flexibility index (Phi) is 7.65. The highest BCUT2D eigenvalue weighted by atomic mass is 35.5. The Hall–Kier alpha value is -0.370. The number of hydrogen-bond donors (Lipinski definition) is 2. The van der Waals surface area contributed by atoms with Gasteiger partial charge < -0.3 is 10.1 Å². The summed E-state index contributed by atoms with van der Waals surface area (Å²) in [5.74, 6) is -0.604. The molecule has 0 radical (unpaired) electrons. The summed E-state index contributed by atoms with van der Waals surface area (Å²) in [6.07, 6.45) is 0. The number of halogens is 1. The first-order valence-electron chi connectivity index (χ1n) is 4.75. The molecule has 0 fully saturated rings. The van der Waals surface area contributed by atoms with Crippen LogP contribution in [-0.4, -0.2) is 52.3 Å². The van der Waals surface area contributed by atoms with Crippen LogP contribution >= 0.6 is 11.6 Å². The van der Waals surface area contributed by atoms with Crippen molar-refractivity contribution in [3.8, 4) is 0 Å². The van der Waals surface area contributed by atoms with E-state index in [1.165, 1.54) is 14.0 Å². The van der Waals surface area contributed by atoms with E-state index in [0.29, 0.717) is 13.2 Å². The molecule has 0 saturated heterocycles. The van der Waals surface area contributed by atoms with Gasteiger partial charge in [-0.25, -0.2) is 13.1 Å². The quantitative estimate of drug-likeness (QED) is 0.452. The highest BCUT2D eigenvalue weighted by molar-refractivity contribution is 7.89. The van der Waals surface area contributed by atoms with E-state index in [9.17, 15) is 13.2 Å². The zero-order valence-electron chi connectivity index (χ0n) is 9.32. The minimum atomic E-state index is -3.48. The third-order valence-corrected chi connectivity index (χ3v) is 3.57. The molecular formula is C8H17ClN2O4S. The van der Waals surface area contributed by atoms with E-state index in [-0.39, 0.29) is 11.6 Å². The van der Waals surface area contributed by atoms with Gasteiger partial charge in [-0.3, -0.25) is 4.79 Å². The van der Waals surface area contributed by atoms with Crippen LogP contribution in [0.4, 0.5) is 0 Å². The Morgan fingerprint density at radius 1 is 1.50 bits per heavy atom. The molecule has 1 unspecified atom stereocenters. The van der Waals surface area contributed by atoms with Crippen molar-refractivity contribution in [1.82, 2.24) is 10.0 Å². The number of alkyl halides is 1. The third-order valence-electron chi connectivity index (χ3n) is 1.70. The molecule has 1 atom stereocenters. The van der Waals surface area contributed by atoms with Crippen LogP contribution in [0.15, 0.2) is 0 Å². The molecule has 0 aliphatic heterocycles. The molecule has 8 heteroatoms. The van der Waals surface area contributed by atoms with Crippen LogP contribution in [0.1, 0.15) is 6.92 Å². The summed E-state index contributed by atoms with van der Waals surface area (Å²) in [5.41, 5.74) is 0. The average molecular weight is 273 g/mol. The molecule has 2 N–H and O–H groups in total. The maximum atomic E-state index is 11.4. The predicted molar refractivity (Wildman–Crippen MR) is 62.0 cm³/mol. The van der Waals surface area contributed by atoms with Gasteiger partial charge in [0.15, 0.2) is 0 Å². The highest BCUT2D eigenvalue weighted by Gasteiger charge is 2.19. The lowest BCUT2D eigenvalue weighted by Gasteiger charge is -2.13. The monoisotopic (exact) mass is 272 g/mol. The van der Waals surface area contributed by atoms with Crippen molar-refractivity contribution in [3.63, 3.8) is 0 Å². The predicted octanol–water partition coefficient (Wildman–Crippen LogP) is -0.704. The molecular weight excluding hydrogens is 256 g/mol. The molecule has 0 aliphatic rings. The number of sulfonamides is 1. The van der Waals surface area contributed by atoms with E-state index in [0.717, 1.165) is 0 Å². The molecule has 0 aromatic rings. The number of carbonyl (C=O) groups is 1. The van der Waals surface area contributed by atoms with Crippen molar-refractivity contribution in [2.24, 2.45) is 0 Å². The lowest BCUT2D eigenvalue weighted by Crippen LogP contribution is -2.46. The van der Waals surface area contributed by atoms with Crippen LogP contribution in [-0.2, 0) is 19.6 Å². The van der Waals surface area contributed by atoms with E-state index in [2.05, 4.69) is 10.0 Å².